The molecule has 1 N–H and O–H groups in total. The van der Waals surface area contributed by atoms with Gasteiger partial charge < -0.3 is 14.4 Å². The Balaban J connectivity index is 2.31. The molecule has 0 aromatic carbocycles. The molecule has 0 atom stereocenters. The molecule has 18 heavy (non-hydrogen) atoms. The minimum Gasteiger partial charge on any atom is -0.476 e. The molecule has 1 aliphatic heterocycles. The number of fused-ring (bicyclic) bond motifs is 1. The van der Waals surface area contributed by atoms with Crippen LogP contribution < -0.4 is 4.90 Å². The van der Waals surface area contributed by atoms with Crippen LogP contribution in [0.4, 0.5) is 5.69 Å². The summed E-state index contributed by atoms with van der Waals surface area (Å²) in [5, 5.41) is 9.49. The van der Waals surface area contributed by atoms with E-state index in [4.69, 9.17) is 0 Å². The van der Waals surface area contributed by atoms with E-state index in [9.17, 15) is 9.90 Å². The summed E-state index contributed by atoms with van der Waals surface area (Å²) in [5.74, 6) is -0.855. The third-order valence-electron chi connectivity index (χ3n) is 3.69. The van der Waals surface area contributed by atoms with Gasteiger partial charge in [-0.25, -0.2) is 4.79 Å². The molecule has 3 rings (SSSR count). The molecule has 4 nitrogen and oxygen atoms in total. The van der Waals surface area contributed by atoms with E-state index in [0.717, 1.165) is 42.7 Å². The van der Waals surface area contributed by atoms with Gasteiger partial charge in [0.1, 0.15) is 0 Å². The number of aromatic nitrogens is 1. The SMILES string of the molecule is Cc1c(N2CCCC2)c(C(=O)O)n2ccccc12. The Hall–Kier alpha value is -1.97. The van der Waals surface area contributed by atoms with Gasteiger partial charge in [0.2, 0.25) is 0 Å². The molecule has 94 valence electrons. The molecule has 1 saturated heterocycles. The molecule has 1 aliphatic rings. The van der Waals surface area contributed by atoms with Crippen LogP contribution in [-0.4, -0.2) is 28.6 Å². The Labute approximate surface area is 105 Å². The lowest BCUT2D eigenvalue weighted by molar-refractivity contribution is 0.0690. The van der Waals surface area contributed by atoms with Gasteiger partial charge in [0.15, 0.2) is 5.69 Å². The highest BCUT2D eigenvalue weighted by Crippen LogP contribution is 2.33. The van der Waals surface area contributed by atoms with Crippen molar-refractivity contribution in [2.45, 2.75) is 19.8 Å². The van der Waals surface area contributed by atoms with Crippen molar-refractivity contribution in [1.82, 2.24) is 4.40 Å². The molecule has 0 bridgehead atoms. The van der Waals surface area contributed by atoms with E-state index in [-0.39, 0.29) is 0 Å². The number of anilines is 1. The molecule has 0 spiro atoms. The number of hydrogen-bond donors (Lipinski definition) is 1. The van der Waals surface area contributed by atoms with Crippen LogP contribution in [-0.2, 0) is 0 Å². The van der Waals surface area contributed by atoms with Crippen molar-refractivity contribution in [1.29, 1.82) is 0 Å². The topological polar surface area (TPSA) is 45.0 Å². The first-order valence-electron chi connectivity index (χ1n) is 6.28. The van der Waals surface area contributed by atoms with Gasteiger partial charge in [0.05, 0.1) is 11.2 Å². The molecule has 0 amide bonds. The highest BCUT2D eigenvalue weighted by atomic mass is 16.4. The zero-order chi connectivity index (χ0) is 12.7. The summed E-state index contributed by atoms with van der Waals surface area (Å²) in [6.07, 6.45) is 4.11. The van der Waals surface area contributed by atoms with Crippen LogP contribution in [0.5, 0.6) is 0 Å². The first-order chi connectivity index (χ1) is 8.70. The van der Waals surface area contributed by atoms with Crippen LogP contribution >= 0.6 is 0 Å². The van der Waals surface area contributed by atoms with Crippen LogP contribution in [0.1, 0.15) is 28.9 Å². The van der Waals surface area contributed by atoms with E-state index in [1.807, 2.05) is 31.3 Å². The number of pyridine rings is 1. The smallest absolute Gasteiger partial charge is 0.355 e. The Bertz CT molecular complexity index is 610. The largest absolute Gasteiger partial charge is 0.476 e. The third kappa shape index (κ3) is 1.49. The number of aromatic carboxylic acids is 1. The van der Waals surface area contributed by atoms with Crippen molar-refractivity contribution in [3.63, 3.8) is 0 Å². The van der Waals surface area contributed by atoms with E-state index in [2.05, 4.69) is 4.90 Å². The van der Waals surface area contributed by atoms with Crippen LogP contribution in [0, 0.1) is 6.92 Å². The lowest BCUT2D eigenvalue weighted by atomic mass is 10.2. The molecule has 1 fully saturated rings. The van der Waals surface area contributed by atoms with Gasteiger partial charge in [-0.05, 0) is 37.5 Å². The van der Waals surface area contributed by atoms with E-state index in [1.54, 1.807) is 4.40 Å². The molecule has 4 heteroatoms. The second kappa shape index (κ2) is 4.05. The van der Waals surface area contributed by atoms with E-state index < -0.39 is 5.97 Å². The zero-order valence-corrected chi connectivity index (χ0v) is 10.4. The van der Waals surface area contributed by atoms with Crippen LogP contribution in [0.25, 0.3) is 5.52 Å². The number of rotatable bonds is 2. The standard InChI is InChI=1S/C14H16N2O2/c1-10-11-6-2-3-9-16(11)13(14(17)18)12(10)15-7-4-5-8-15/h2-3,6,9H,4-5,7-8H2,1H3,(H,17,18). The summed E-state index contributed by atoms with van der Waals surface area (Å²) < 4.78 is 1.78. The summed E-state index contributed by atoms with van der Waals surface area (Å²) in [6, 6.07) is 5.79. The molecule has 2 aromatic heterocycles. The number of hydrogen-bond acceptors (Lipinski definition) is 2. The Morgan fingerprint density at radius 3 is 2.67 bits per heavy atom. The highest BCUT2D eigenvalue weighted by molar-refractivity contribution is 5.97. The molecular weight excluding hydrogens is 228 g/mol. The minimum absolute atomic E-state index is 0.394. The normalized spacial score (nSPS) is 15.5. The monoisotopic (exact) mass is 244 g/mol. The molecule has 0 radical (unpaired) electrons. The maximum Gasteiger partial charge on any atom is 0.355 e. The maximum absolute atomic E-state index is 11.6. The third-order valence-corrected chi connectivity index (χ3v) is 3.69. The molecular formula is C14H16N2O2. The molecule has 3 heterocycles. The summed E-state index contributed by atoms with van der Waals surface area (Å²) in [4.78, 5) is 13.8. The second-order valence-corrected chi connectivity index (χ2v) is 4.78. The Morgan fingerprint density at radius 2 is 2.00 bits per heavy atom. The minimum atomic E-state index is -0.855. The Kier molecular flexibility index (Phi) is 2.51. The van der Waals surface area contributed by atoms with Crippen molar-refractivity contribution < 1.29 is 9.90 Å². The predicted molar refractivity (Wildman–Crippen MR) is 70.5 cm³/mol. The summed E-state index contributed by atoms with van der Waals surface area (Å²) in [6.45, 7) is 3.92. The fraction of sp³-hybridized carbons (Fsp3) is 0.357. The lowest BCUT2D eigenvalue weighted by Crippen LogP contribution is -2.21. The highest BCUT2D eigenvalue weighted by Gasteiger charge is 2.26. The van der Waals surface area contributed by atoms with Gasteiger partial charge >= 0.3 is 5.97 Å². The summed E-state index contributed by atoms with van der Waals surface area (Å²) in [7, 11) is 0. The average molecular weight is 244 g/mol. The fourth-order valence-corrected chi connectivity index (χ4v) is 2.89. The number of carboxylic acid groups (broad SMARTS) is 1. The number of nitrogens with zero attached hydrogens (tertiary/aromatic N) is 2. The van der Waals surface area contributed by atoms with Gasteiger partial charge in [-0.3, -0.25) is 0 Å². The molecule has 0 saturated carbocycles. The van der Waals surface area contributed by atoms with Crippen molar-refractivity contribution in [2.24, 2.45) is 0 Å². The number of carbonyl (C=O) groups is 1. The predicted octanol–water partition coefficient (Wildman–Crippen LogP) is 2.55. The molecule has 2 aromatic rings. The fourth-order valence-electron chi connectivity index (χ4n) is 2.89. The first kappa shape index (κ1) is 11.1. The van der Waals surface area contributed by atoms with Gasteiger partial charge in [-0.15, -0.1) is 0 Å². The Morgan fingerprint density at radius 1 is 1.28 bits per heavy atom. The second-order valence-electron chi connectivity index (χ2n) is 4.78. The first-order valence-corrected chi connectivity index (χ1v) is 6.28. The van der Waals surface area contributed by atoms with E-state index >= 15 is 0 Å². The summed E-state index contributed by atoms with van der Waals surface area (Å²) in [5.41, 5.74) is 3.34. The van der Waals surface area contributed by atoms with Crippen molar-refractivity contribution >= 4 is 17.2 Å². The average Bonchev–Trinajstić information content (AvgIpc) is 2.96. The van der Waals surface area contributed by atoms with Crippen molar-refractivity contribution in [3.05, 3.63) is 35.7 Å². The molecule has 0 aliphatic carbocycles. The van der Waals surface area contributed by atoms with E-state index in [0.29, 0.717) is 5.69 Å². The van der Waals surface area contributed by atoms with Gasteiger partial charge in [-0.1, -0.05) is 6.07 Å². The summed E-state index contributed by atoms with van der Waals surface area (Å²) >= 11 is 0. The van der Waals surface area contributed by atoms with Crippen LogP contribution in [0.2, 0.25) is 0 Å². The molecule has 0 unspecified atom stereocenters. The number of aryl methyl sites for hydroxylation is 1. The maximum atomic E-state index is 11.6. The van der Waals surface area contributed by atoms with Crippen LogP contribution in [0.3, 0.4) is 0 Å². The quantitative estimate of drug-likeness (QED) is 0.883. The number of carboxylic acids is 1. The van der Waals surface area contributed by atoms with Crippen molar-refractivity contribution in [2.75, 3.05) is 18.0 Å². The van der Waals surface area contributed by atoms with Crippen molar-refractivity contribution in [3.8, 4) is 0 Å². The van der Waals surface area contributed by atoms with Gasteiger partial charge in [0.25, 0.3) is 0 Å². The van der Waals surface area contributed by atoms with Gasteiger partial charge in [-0.2, -0.15) is 0 Å². The zero-order valence-electron chi connectivity index (χ0n) is 10.4. The lowest BCUT2D eigenvalue weighted by Gasteiger charge is -2.18. The van der Waals surface area contributed by atoms with Crippen LogP contribution in [0.15, 0.2) is 24.4 Å². The van der Waals surface area contributed by atoms with E-state index in [1.165, 1.54) is 0 Å². The van der Waals surface area contributed by atoms with Gasteiger partial charge in [0, 0.05) is 19.3 Å².